The van der Waals surface area contributed by atoms with E-state index in [0.29, 0.717) is 0 Å². The van der Waals surface area contributed by atoms with Crippen molar-refractivity contribution in [2.24, 2.45) is 5.92 Å². The summed E-state index contributed by atoms with van der Waals surface area (Å²) in [4.78, 5) is 2.11. The van der Waals surface area contributed by atoms with E-state index in [9.17, 15) is 0 Å². The minimum absolute atomic E-state index is 0.185. The lowest BCUT2D eigenvalue weighted by atomic mass is 9.92. The maximum absolute atomic E-state index is 5.39. The molecule has 0 aliphatic heterocycles. The number of hydrogen-bond acceptors (Lipinski definition) is 3. The molecule has 0 aromatic carbocycles. The van der Waals surface area contributed by atoms with Gasteiger partial charge in [0.15, 0.2) is 5.76 Å². The molecule has 0 bridgehead atoms. The van der Waals surface area contributed by atoms with Gasteiger partial charge < -0.3 is 14.4 Å². The summed E-state index contributed by atoms with van der Waals surface area (Å²) in [6.07, 6.45) is 3.88. The van der Waals surface area contributed by atoms with Crippen molar-refractivity contribution >= 4 is 0 Å². The Kier molecular flexibility index (Phi) is 3.97. The average molecular weight is 209 g/mol. The number of rotatable bonds is 4. The van der Waals surface area contributed by atoms with E-state index in [1.54, 1.807) is 14.2 Å². The molecule has 0 amide bonds. The van der Waals surface area contributed by atoms with E-state index in [4.69, 9.17) is 9.47 Å². The van der Waals surface area contributed by atoms with Crippen LogP contribution in [0.4, 0.5) is 0 Å². The first-order chi connectivity index (χ1) is 7.10. The fourth-order valence-electron chi connectivity index (χ4n) is 1.70. The molecule has 0 N–H and O–H groups in total. The van der Waals surface area contributed by atoms with Gasteiger partial charge in [0.1, 0.15) is 5.76 Å². The zero-order valence-electron chi connectivity index (χ0n) is 9.91. The molecule has 0 heterocycles. The summed E-state index contributed by atoms with van der Waals surface area (Å²) >= 11 is 0. The Morgan fingerprint density at radius 3 is 2.40 bits per heavy atom. The van der Waals surface area contributed by atoms with Gasteiger partial charge in [0.05, 0.1) is 20.1 Å². The fourth-order valence-corrected chi connectivity index (χ4v) is 1.70. The third-order valence-electron chi connectivity index (χ3n) is 2.44. The molecule has 0 saturated carbocycles. The predicted octanol–water partition coefficient (Wildman–Crippen LogP) is 1.79. The van der Waals surface area contributed by atoms with Crippen LogP contribution in [-0.4, -0.2) is 39.8 Å². The quantitative estimate of drug-likeness (QED) is 0.704. The fraction of sp³-hybridized carbons (Fsp3) is 0.500. The van der Waals surface area contributed by atoms with Gasteiger partial charge in [0.25, 0.3) is 0 Å². The zero-order valence-corrected chi connectivity index (χ0v) is 9.91. The standard InChI is InChI=1S/C12H19NO2/c1-9-6-7-11(14-4)12(15-5)10(9)8-13(2)3/h6-7,10H,1,8H2,2-5H3. The molecule has 3 nitrogen and oxygen atoms in total. The molecule has 0 spiro atoms. The van der Waals surface area contributed by atoms with Gasteiger partial charge in [-0.1, -0.05) is 12.7 Å². The number of methoxy groups -OCH3 is 2. The summed E-state index contributed by atoms with van der Waals surface area (Å²) < 4.78 is 10.7. The SMILES string of the molecule is C=C1C=CC(OC)=C(OC)C1CN(C)C. The molecule has 1 atom stereocenters. The molecule has 1 unspecified atom stereocenters. The third kappa shape index (κ3) is 2.63. The van der Waals surface area contributed by atoms with E-state index in [0.717, 1.165) is 23.6 Å². The molecule has 0 aromatic heterocycles. The monoisotopic (exact) mass is 209 g/mol. The molecule has 1 aliphatic carbocycles. The lowest BCUT2D eigenvalue weighted by Crippen LogP contribution is -2.26. The second-order valence-electron chi connectivity index (χ2n) is 3.86. The highest BCUT2D eigenvalue weighted by atomic mass is 16.5. The Morgan fingerprint density at radius 1 is 1.27 bits per heavy atom. The maximum Gasteiger partial charge on any atom is 0.157 e. The lowest BCUT2D eigenvalue weighted by Gasteiger charge is -2.27. The van der Waals surface area contributed by atoms with E-state index in [-0.39, 0.29) is 5.92 Å². The van der Waals surface area contributed by atoms with E-state index < -0.39 is 0 Å². The van der Waals surface area contributed by atoms with Gasteiger partial charge in [-0.05, 0) is 25.7 Å². The summed E-state index contributed by atoms with van der Waals surface area (Å²) in [6.45, 7) is 4.91. The predicted molar refractivity (Wildman–Crippen MR) is 61.4 cm³/mol. The summed E-state index contributed by atoms with van der Waals surface area (Å²) in [5, 5.41) is 0. The van der Waals surface area contributed by atoms with Crippen LogP contribution in [0.25, 0.3) is 0 Å². The summed E-state index contributed by atoms with van der Waals surface area (Å²) in [7, 11) is 7.39. The molecule has 0 fully saturated rings. The van der Waals surface area contributed by atoms with Crippen molar-refractivity contribution in [3.8, 4) is 0 Å². The minimum Gasteiger partial charge on any atom is -0.497 e. The molecule has 1 aliphatic rings. The van der Waals surface area contributed by atoms with E-state index in [1.807, 2.05) is 26.2 Å². The van der Waals surface area contributed by atoms with Crippen molar-refractivity contribution in [3.63, 3.8) is 0 Å². The third-order valence-corrected chi connectivity index (χ3v) is 2.44. The van der Waals surface area contributed by atoms with Gasteiger partial charge in [-0.25, -0.2) is 0 Å². The van der Waals surface area contributed by atoms with Crippen molar-refractivity contribution in [1.29, 1.82) is 0 Å². The minimum atomic E-state index is 0.185. The second kappa shape index (κ2) is 5.03. The van der Waals surface area contributed by atoms with Crippen molar-refractivity contribution in [2.75, 3.05) is 34.9 Å². The smallest absolute Gasteiger partial charge is 0.157 e. The van der Waals surface area contributed by atoms with Crippen LogP contribution in [0.1, 0.15) is 0 Å². The average Bonchev–Trinajstić information content (AvgIpc) is 2.20. The van der Waals surface area contributed by atoms with Gasteiger partial charge in [-0.2, -0.15) is 0 Å². The van der Waals surface area contributed by atoms with Crippen molar-refractivity contribution in [1.82, 2.24) is 4.90 Å². The van der Waals surface area contributed by atoms with Crippen molar-refractivity contribution < 1.29 is 9.47 Å². The molecule has 3 heteroatoms. The summed E-state index contributed by atoms with van der Waals surface area (Å²) in [6, 6.07) is 0. The van der Waals surface area contributed by atoms with Gasteiger partial charge >= 0.3 is 0 Å². The van der Waals surface area contributed by atoms with Crippen LogP contribution in [0.5, 0.6) is 0 Å². The summed E-state index contributed by atoms with van der Waals surface area (Å²) in [5.74, 6) is 1.83. The van der Waals surface area contributed by atoms with Gasteiger partial charge in [-0.3, -0.25) is 0 Å². The molecule has 1 rings (SSSR count). The Bertz CT molecular complexity index is 303. The Hall–Kier alpha value is -1.22. The van der Waals surface area contributed by atoms with Crippen LogP contribution in [-0.2, 0) is 9.47 Å². The van der Waals surface area contributed by atoms with Crippen LogP contribution >= 0.6 is 0 Å². The molecular formula is C12H19NO2. The summed E-state index contributed by atoms with van der Waals surface area (Å²) in [5.41, 5.74) is 1.06. The highest BCUT2D eigenvalue weighted by Crippen LogP contribution is 2.29. The number of allylic oxidation sites excluding steroid dienone is 2. The van der Waals surface area contributed by atoms with Crippen LogP contribution in [0.2, 0.25) is 0 Å². The molecule has 0 aromatic rings. The number of nitrogens with zero attached hydrogens (tertiary/aromatic N) is 1. The largest absolute Gasteiger partial charge is 0.497 e. The van der Waals surface area contributed by atoms with E-state index in [1.165, 1.54) is 0 Å². The number of hydrogen-bond donors (Lipinski definition) is 0. The number of ether oxygens (including phenoxy) is 2. The van der Waals surface area contributed by atoms with E-state index in [2.05, 4.69) is 11.5 Å². The second-order valence-corrected chi connectivity index (χ2v) is 3.86. The van der Waals surface area contributed by atoms with Crippen molar-refractivity contribution in [3.05, 3.63) is 35.8 Å². The molecule has 15 heavy (non-hydrogen) atoms. The highest BCUT2D eigenvalue weighted by molar-refractivity contribution is 5.37. The van der Waals surface area contributed by atoms with Crippen molar-refractivity contribution in [2.45, 2.75) is 0 Å². The normalized spacial score (nSPS) is 21.1. The van der Waals surface area contributed by atoms with Gasteiger partial charge in [0, 0.05) is 6.54 Å². The molecule has 0 radical (unpaired) electrons. The first-order valence-corrected chi connectivity index (χ1v) is 4.94. The lowest BCUT2D eigenvalue weighted by molar-refractivity contribution is 0.189. The first kappa shape index (κ1) is 11.9. The van der Waals surface area contributed by atoms with Gasteiger partial charge in [0.2, 0.25) is 0 Å². The topological polar surface area (TPSA) is 21.7 Å². The Balaban J connectivity index is 2.96. The Morgan fingerprint density at radius 2 is 1.93 bits per heavy atom. The van der Waals surface area contributed by atoms with E-state index >= 15 is 0 Å². The van der Waals surface area contributed by atoms with Crippen LogP contribution < -0.4 is 0 Å². The van der Waals surface area contributed by atoms with Crippen LogP contribution in [0, 0.1) is 5.92 Å². The highest BCUT2D eigenvalue weighted by Gasteiger charge is 2.25. The van der Waals surface area contributed by atoms with Crippen LogP contribution in [0.15, 0.2) is 35.8 Å². The zero-order chi connectivity index (χ0) is 11.4. The molecule has 84 valence electrons. The first-order valence-electron chi connectivity index (χ1n) is 4.94. The molecule has 0 saturated heterocycles. The van der Waals surface area contributed by atoms with Gasteiger partial charge in [-0.15, -0.1) is 0 Å². The maximum atomic E-state index is 5.39. The molecular weight excluding hydrogens is 190 g/mol. The van der Waals surface area contributed by atoms with Crippen LogP contribution in [0.3, 0.4) is 0 Å². The Labute approximate surface area is 91.7 Å².